The van der Waals surface area contributed by atoms with E-state index in [0.717, 1.165) is 12.8 Å². The summed E-state index contributed by atoms with van der Waals surface area (Å²) in [5.41, 5.74) is 5.09. The Labute approximate surface area is 88.1 Å². The van der Waals surface area contributed by atoms with Crippen LogP contribution in [0.4, 0.5) is 0 Å². The molecule has 0 aromatic carbocycles. The first-order chi connectivity index (χ1) is 5.81. The number of carbonyl (C=O) groups is 1. The molecule has 0 aliphatic heterocycles. The van der Waals surface area contributed by atoms with Crippen molar-refractivity contribution in [3.63, 3.8) is 0 Å². The van der Waals surface area contributed by atoms with Crippen molar-refractivity contribution in [2.45, 2.75) is 50.6 Å². The Morgan fingerprint density at radius 2 is 2.08 bits per heavy atom. The molecule has 4 heteroatoms. The Morgan fingerprint density at radius 1 is 1.54 bits per heavy atom. The minimum Gasteiger partial charge on any atom is -0.460 e. The van der Waals surface area contributed by atoms with Crippen molar-refractivity contribution >= 4 is 21.9 Å². The second kappa shape index (κ2) is 5.60. The highest BCUT2D eigenvalue weighted by molar-refractivity contribution is 9.09. The maximum absolute atomic E-state index is 11.2. The summed E-state index contributed by atoms with van der Waals surface area (Å²) in [4.78, 5) is 11.1. The van der Waals surface area contributed by atoms with Crippen molar-refractivity contribution in [2.24, 2.45) is 5.73 Å². The topological polar surface area (TPSA) is 52.3 Å². The zero-order valence-corrected chi connectivity index (χ0v) is 10.1. The van der Waals surface area contributed by atoms with E-state index < -0.39 is 0 Å². The molecule has 0 aromatic rings. The first-order valence-corrected chi connectivity index (χ1v) is 5.34. The van der Waals surface area contributed by atoms with Gasteiger partial charge in [0, 0.05) is 6.42 Å². The fraction of sp³-hybridized carbons (Fsp3) is 0.889. The van der Waals surface area contributed by atoms with Gasteiger partial charge in [-0.25, -0.2) is 0 Å². The van der Waals surface area contributed by atoms with Crippen LogP contribution in [-0.4, -0.2) is 16.5 Å². The van der Waals surface area contributed by atoms with E-state index in [1.807, 2.05) is 20.8 Å². The van der Waals surface area contributed by atoms with E-state index in [9.17, 15) is 4.79 Å². The predicted octanol–water partition coefficient (Wildman–Crippen LogP) is 2.18. The monoisotopic (exact) mass is 251 g/mol. The van der Waals surface area contributed by atoms with Crippen molar-refractivity contribution in [3.8, 4) is 0 Å². The van der Waals surface area contributed by atoms with Crippen LogP contribution in [0.25, 0.3) is 0 Å². The molecular formula is C9H18BrNO2. The molecule has 0 aliphatic rings. The van der Waals surface area contributed by atoms with Gasteiger partial charge in [0.1, 0.15) is 5.60 Å². The lowest BCUT2D eigenvalue weighted by molar-refractivity contribution is -0.154. The normalized spacial score (nSPS) is 13.9. The lowest BCUT2D eigenvalue weighted by Gasteiger charge is -2.19. The number of hydrogen-bond donors (Lipinski definition) is 1. The van der Waals surface area contributed by atoms with E-state index in [0.29, 0.717) is 6.42 Å². The van der Waals surface area contributed by atoms with Gasteiger partial charge in [-0.15, -0.1) is 0 Å². The van der Waals surface area contributed by atoms with E-state index in [1.165, 1.54) is 0 Å². The van der Waals surface area contributed by atoms with Crippen LogP contribution in [0.15, 0.2) is 0 Å². The van der Waals surface area contributed by atoms with E-state index in [-0.39, 0.29) is 16.5 Å². The Balaban J connectivity index is 3.53. The summed E-state index contributed by atoms with van der Waals surface area (Å²) >= 11 is 3.21. The van der Waals surface area contributed by atoms with Crippen molar-refractivity contribution in [1.29, 1.82) is 0 Å². The van der Waals surface area contributed by atoms with Crippen molar-refractivity contribution in [3.05, 3.63) is 0 Å². The molecule has 0 amide bonds. The zero-order valence-electron chi connectivity index (χ0n) is 8.47. The summed E-state index contributed by atoms with van der Waals surface area (Å²) in [5.74, 6) is -0.152. The van der Waals surface area contributed by atoms with Gasteiger partial charge in [-0.1, -0.05) is 15.9 Å². The summed E-state index contributed by atoms with van der Waals surface area (Å²) in [5, 5.41) is 0. The summed E-state index contributed by atoms with van der Waals surface area (Å²) in [6.07, 6.45) is 2.00. The minimum absolute atomic E-state index is 0.0186. The largest absolute Gasteiger partial charge is 0.460 e. The van der Waals surface area contributed by atoms with Crippen LogP contribution in [0.1, 0.15) is 40.0 Å². The zero-order chi connectivity index (χ0) is 10.5. The molecule has 0 spiro atoms. The summed E-state index contributed by atoms with van der Waals surface area (Å²) in [6, 6.07) is 0. The van der Waals surface area contributed by atoms with Gasteiger partial charge >= 0.3 is 5.97 Å². The SMILES string of the molecule is CC(C)(C)OC(=O)CCCC(N)Br. The van der Waals surface area contributed by atoms with Gasteiger partial charge in [-0.3, -0.25) is 4.79 Å². The van der Waals surface area contributed by atoms with Gasteiger partial charge in [0.2, 0.25) is 0 Å². The second-order valence-electron chi connectivity index (χ2n) is 3.99. The molecule has 0 aliphatic carbocycles. The third-order valence-corrected chi connectivity index (χ3v) is 1.74. The molecule has 1 atom stereocenters. The number of rotatable bonds is 4. The fourth-order valence-electron chi connectivity index (χ4n) is 0.834. The Kier molecular flexibility index (Phi) is 5.56. The maximum Gasteiger partial charge on any atom is 0.306 e. The van der Waals surface area contributed by atoms with Crippen molar-refractivity contribution < 1.29 is 9.53 Å². The van der Waals surface area contributed by atoms with Crippen LogP contribution in [0.2, 0.25) is 0 Å². The third-order valence-electron chi connectivity index (χ3n) is 1.28. The number of nitrogens with two attached hydrogens (primary N) is 1. The smallest absolute Gasteiger partial charge is 0.306 e. The van der Waals surface area contributed by atoms with E-state index in [2.05, 4.69) is 15.9 Å². The summed E-state index contributed by atoms with van der Waals surface area (Å²) in [7, 11) is 0. The van der Waals surface area contributed by atoms with Gasteiger partial charge in [0.05, 0.1) is 4.95 Å². The fourth-order valence-corrected chi connectivity index (χ4v) is 1.16. The van der Waals surface area contributed by atoms with E-state index in [4.69, 9.17) is 10.5 Å². The third kappa shape index (κ3) is 9.83. The molecule has 0 bridgehead atoms. The first-order valence-electron chi connectivity index (χ1n) is 4.43. The Hall–Kier alpha value is -0.0900. The van der Waals surface area contributed by atoms with Crippen LogP contribution < -0.4 is 5.73 Å². The molecule has 1 unspecified atom stereocenters. The van der Waals surface area contributed by atoms with Gasteiger partial charge < -0.3 is 10.5 Å². The predicted molar refractivity (Wildman–Crippen MR) is 56.6 cm³/mol. The lowest BCUT2D eigenvalue weighted by atomic mass is 10.2. The van der Waals surface area contributed by atoms with Gasteiger partial charge in [-0.2, -0.15) is 0 Å². The maximum atomic E-state index is 11.2. The molecule has 0 saturated carbocycles. The molecule has 2 N–H and O–H groups in total. The minimum atomic E-state index is -0.381. The quantitative estimate of drug-likeness (QED) is 0.474. The van der Waals surface area contributed by atoms with Crippen LogP contribution in [-0.2, 0) is 9.53 Å². The van der Waals surface area contributed by atoms with Crippen LogP contribution in [0.3, 0.4) is 0 Å². The lowest BCUT2D eigenvalue weighted by Crippen LogP contribution is -2.24. The molecule has 0 saturated heterocycles. The molecule has 13 heavy (non-hydrogen) atoms. The van der Waals surface area contributed by atoms with Crippen molar-refractivity contribution in [2.75, 3.05) is 0 Å². The van der Waals surface area contributed by atoms with Gasteiger partial charge in [0.15, 0.2) is 0 Å². The molecule has 3 nitrogen and oxygen atoms in total. The Morgan fingerprint density at radius 3 is 2.46 bits per heavy atom. The molecule has 0 fully saturated rings. The number of halogens is 1. The average Bonchev–Trinajstić information content (AvgIpc) is 1.81. The molecule has 0 radical (unpaired) electrons. The molecular weight excluding hydrogens is 234 g/mol. The molecule has 0 aromatic heterocycles. The number of alkyl halides is 1. The van der Waals surface area contributed by atoms with Gasteiger partial charge in [-0.05, 0) is 33.6 Å². The number of hydrogen-bond acceptors (Lipinski definition) is 3. The highest BCUT2D eigenvalue weighted by Gasteiger charge is 2.15. The second-order valence-corrected chi connectivity index (χ2v) is 5.17. The van der Waals surface area contributed by atoms with E-state index in [1.54, 1.807) is 0 Å². The van der Waals surface area contributed by atoms with Crippen molar-refractivity contribution in [1.82, 2.24) is 0 Å². The molecule has 0 rings (SSSR count). The van der Waals surface area contributed by atoms with E-state index >= 15 is 0 Å². The van der Waals surface area contributed by atoms with Gasteiger partial charge in [0.25, 0.3) is 0 Å². The average molecular weight is 252 g/mol. The summed E-state index contributed by atoms with van der Waals surface area (Å²) < 4.78 is 5.12. The first kappa shape index (κ1) is 12.9. The van der Waals surface area contributed by atoms with Crippen LogP contribution >= 0.6 is 15.9 Å². The van der Waals surface area contributed by atoms with Crippen LogP contribution in [0, 0.1) is 0 Å². The Bertz CT molecular complexity index is 163. The number of esters is 1. The highest BCUT2D eigenvalue weighted by Crippen LogP contribution is 2.11. The standard InChI is InChI=1S/C9H18BrNO2/c1-9(2,3)13-8(12)6-4-5-7(10)11/h7H,4-6,11H2,1-3H3. The highest BCUT2D eigenvalue weighted by atomic mass is 79.9. The van der Waals surface area contributed by atoms with Crippen LogP contribution in [0.5, 0.6) is 0 Å². The molecule has 78 valence electrons. The molecule has 0 heterocycles. The summed E-state index contributed by atoms with van der Waals surface area (Å²) in [6.45, 7) is 5.59. The number of carbonyl (C=O) groups excluding carboxylic acids is 1. The number of ether oxygens (including phenoxy) is 1.